The number of carbonyl (C=O) groups is 1. The summed E-state index contributed by atoms with van der Waals surface area (Å²) >= 11 is 0.461. The summed E-state index contributed by atoms with van der Waals surface area (Å²) in [6, 6.07) is 0. The summed E-state index contributed by atoms with van der Waals surface area (Å²) < 4.78 is 38.8. The van der Waals surface area contributed by atoms with Crippen molar-refractivity contribution in [2.75, 3.05) is 5.75 Å². The third kappa shape index (κ3) is 1.56. The minimum atomic E-state index is -4.42. The Morgan fingerprint density at radius 2 is 2.20 bits per heavy atom. The molecule has 1 atom stereocenters. The molecule has 1 aliphatic rings. The van der Waals surface area contributed by atoms with Crippen molar-refractivity contribution in [2.24, 2.45) is 0 Å². The van der Waals surface area contributed by atoms with Crippen LogP contribution in [0.5, 0.6) is 0 Å². The van der Waals surface area contributed by atoms with Gasteiger partial charge in [-0.1, -0.05) is 11.8 Å². The molecule has 0 radical (unpaired) electrons. The van der Waals surface area contributed by atoms with Gasteiger partial charge < -0.3 is 4.74 Å². The molecule has 0 aromatic carbocycles. The Bertz CT molecular complexity index is 155. The summed E-state index contributed by atoms with van der Waals surface area (Å²) in [7, 11) is 0. The number of hydrogen-bond acceptors (Lipinski definition) is 3. The Balaban J connectivity index is 2.53. The van der Waals surface area contributed by atoms with E-state index in [1.54, 1.807) is 0 Å². The topological polar surface area (TPSA) is 26.3 Å². The molecule has 0 unspecified atom stereocenters. The van der Waals surface area contributed by atoms with Gasteiger partial charge in [0.1, 0.15) is 0 Å². The van der Waals surface area contributed by atoms with Gasteiger partial charge >= 0.3 is 12.1 Å². The molecule has 0 N–H and O–H groups in total. The van der Waals surface area contributed by atoms with Crippen LogP contribution in [0, 0.1) is 0 Å². The number of halogens is 3. The lowest BCUT2D eigenvalue weighted by Gasteiger charge is -2.10. The second-order valence-corrected chi connectivity index (χ2v) is 2.72. The number of carbonyl (C=O) groups excluding carboxylic acids is 1. The smallest absolute Gasteiger partial charge is 0.435 e. The zero-order chi connectivity index (χ0) is 7.78. The van der Waals surface area contributed by atoms with Crippen molar-refractivity contribution >= 4 is 17.7 Å². The van der Waals surface area contributed by atoms with E-state index in [0.29, 0.717) is 11.8 Å². The summed E-state index contributed by atoms with van der Waals surface area (Å²) in [5, 5.41) is 0. The number of hydrogen-bond donors (Lipinski definition) is 0. The number of cyclic esters (lactones) is 1. The molecule has 1 saturated heterocycles. The molecule has 0 aromatic rings. The van der Waals surface area contributed by atoms with Crippen LogP contribution in [0.1, 0.15) is 0 Å². The summed E-state index contributed by atoms with van der Waals surface area (Å²) in [6.45, 7) is 0. The molecular formula is C4H3F3O2S. The summed E-state index contributed by atoms with van der Waals surface area (Å²) in [5.74, 6) is -1.00. The quantitative estimate of drug-likeness (QED) is 0.513. The van der Waals surface area contributed by atoms with Crippen LogP contribution in [-0.2, 0) is 9.53 Å². The lowest BCUT2D eigenvalue weighted by molar-refractivity contribution is -0.191. The number of ether oxygens (including phenoxy) is 1. The van der Waals surface area contributed by atoms with Crippen LogP contribution in [-0.4, -0.2) is 23.3 Å². The second-order valence-electron chi connectivity index (χ2n) is 1.67. The fraction of sp³-hybridized carbons (Fsp3) is 0.750. The van der Waals surface area contributed by atoms with Crippen molar-refractivity contribution in [3.8, 4) is 0 Å². The van der Waals surface area contributed by atoms with Gasteiger partial charge in [-0.3, -0.25) is 4.79 Å². The molecule has 0 amide bonds. The van der Waals surface area contributed by atoms with Gasteiger partial charge in [-0.05, 0) is 0 Å². The maximum atomic E-state index is 11.6. The van der Waals surface area contributed by atoms with Gasteiger partial charge in [0.25, 0.3) is 0 Å². The van der Waals surface area contributed by atoms with Gasteiger partial charge in [-0.15, -0.1) is 0 Å². The Hall–Kier alpha value is -0.390. The van der Waals surface area contributed by atoms with Crippen molar-refractivity contribution < 1.29 is 22.7 Å². The Kier molecular flexibility index (Phi) is 1.80. The number of esters is 1. The highest BCUT2D eigenvalue weighted by atomic mass is 32.2. The first-order valence-electron chi connectivity index (χ1n) is 2.38. The fourth-order valence-electron chi connectivity index (χ4n) is 0.492. The first-order valence-corrected chi connectivity index (χ1v) is 3.43. The molecule has 1 aliphatic heterocycles. The van der Waals surface area contributed by atoms with Gasteiger partial charge in [0, 0.05) is 0 Å². The van der Waals surface area contributed by atoms with Crippen LogP contribution in [0.3, 0.4) is 0 Å². The normalized spacial score (nSPS) is 26.7. The first-order chi connectivity index (χ1) is 4.50. The minimum absolute atomic E-state index is 0.204. The molecule has 1 heterocycles. The van der Waals surface area contributed by atoms with Crippen molar-refractivity contribution in [2.45, 2.75) is 11.6 Å². The zero-order valence-corrected chi connectivity index (χ0v) is 5.46. The largest absolute Gasteiger partial charge is 0.441 e. The number of rotatable bonds is 0. The predicted molar refractivity (Wildman–Crippen MR) is 28.4 cm³/mol. The molecule has 0 spiro atoms. The van der Waals surface area contributed by atoms with Crippen molar-refractivity contribution in [1.82, 2.24) is 0 Å². The molecule has 10 heavy (non-hydrogen) atoms. The molecule has 1 fully saturated rings. The van der Waals surface area contributed by atoms with Gasteiger partial charge in [-0.2, -0.15) is 13.2 Å². The van der Waals surface area contributed by atoms with E-state index in [2.05, 4.69) is 4.74 Å². The summed E-state index contributed by atoms with van der Waals surface area (Å²) in [5.41, 5.74) is -1.94. The molecular weight excluding hydrogens is 169 g/mol. The number of thioether (sulfide) groups is 1. The highest BCUT2D eigenvalue weighted by molar-refractivity contribution is 8.00. The highest BCUT2D eigenvalue weighted by Gasteiger charge is 2.46. The lowest BCUT2D eigenvalue weighted by Crippen LogP contribution is -2.25. The predicted octanol–water partition coefficient (Wildman–Crippen LogP) is 1.16. The monoisotopic (exact) mass is 172 g/mol. The molecule has 0 saturated carbocycles. The standard InChI is InChI=1S/C4H3F3O2S/c5-4(6,7)3-9-2(8)1-10-3/h3H,1H2/t3-/m0/s1. The maximum Gasteiger partial charge on any atom is 0.435 e. The molecule has 1 rings (SSSR count). The minimum Gasteiger partial charge on any atom is -0.441 e. The Morgan fingerprint density at radius 3 is 2.40 bits per heavy atom. The highest BCUT2D eigenvalue weighted by Crippen LogP contribution is 2.35. The van der Waals surface area contributed by atoms with Crippen LogP contribution in [0.2, 0.25) is 0 Å². The van der Waals surface area contributed by atoms with Crippen molar-refractivity contribution in [3.05, 3.63) is 0 Å². The maximum absolute atomic E-state index is 11.6. The van der Waals surface area contributed by atoms with E-state index in [9.17, 15) is 18.0 Å². The first kappa shape index (κ1) is 7.71. The van der Waals surface area contributed by atoms with E-state index in [-0.39, 0.29) is 5.75 Å². The van der Waals surface area contributed by atoms with Crippen LogP contribution in [0.25, 0.3) is 0 Å². The molecule has 0 aliphatic carbocycles. The van der Waals surface area contributed by atoms with Crippen LogP contribution < -0.4 is 0 Å². The lowest BCUT2D eigenvalue weighted by atomic mass is 10.7. The average molecular weight is 172 g/mol. The zero-order valence-electron chi connectivity index (χ0n) is 4.64. The molecule has 58 valence electrons. The summed E-state index contributed by atoms with van der Waals surface area (Å²) in [6.07, 6.45) is -4.42. The molecule has 0 aromatic heterocycles. The third-order valence-electron chi connectivity index (χ3n) is 0.858. The van der Waals surface area contributed by atoms with Crippen LogP contribution in [0.4, 0.5) is 13.2 Å². The molecule has 2 nitrogen and oxygen atoms in total. The summed E-state index contributed by atoms with van der Waals surface area (Å²) in [4.78, 5) is 10.2. The van der Waals surface area contributed by atoms with E-state index in [0.717, 1.165) is 0 Å². The van der Waals surface area contributed by atoms with E-state index in [1.807, 2.05) is 0 Å². The van der Waals surface area contributed by atoms with Crippen LogP contribution in [0.15, 0.2) is 0 Å². The van der Waals surface area contributed by atoms with Crippen LogP contribution >= 0.6 is 11.8 Å². The number of alkyl halides is 3. The van der Waals surface area contributed by atoms with Gasteiger partial charge in [0.15, 0.2) is 0 Å². The van der Waals surface area contributed by atoms with Gasteiger partial charge in [0.05, 0.1) is 5.75 Å². The van der Waals surface area contributed by atoms with E-state index in [4.69, 9.17) is 0 Å². The molecule has 6 heteroatoms. The average Bonchev–Trinajstić information content (AvgIpc) is 2.11. The fourth-order valence-corrected chi connectivity index (χ4v) is 1.21. The molecule has 0 bridgehead atoms. The van der Waals surface area contributed by atoms with Gasteiger partial charge in [-0.25, -0.2) is 0 Å². The second kappa shape index (κ2) is 2.34. The van der Waals surface area contributed by atoms with Crippen molar-refractivity contribution in [1.29, 1.82) is 0 Å². The van der Waals surface area contributed by atoms with Gasteiger partial charge in [0.2, 0.25) is 5.44 Å². The van der Waals surface area contributed by atoms with Crippen molar-refractivity contribution in [3.63, 3.8) is 0 Å². The van der Waals surface area contributed by atoms with E-state index < -0.39 is 17.6 Å². The Labute approximate surface area is 58.7 Å². The third-order valence-corrected chi connectivity index (χ3v) is 1.93. The Morgan fingerprint density at radius 1 is 1.60 bits per heavy atom. The SMILES string of the molecule is O=C1CS[C@@H](C(F)(F)F)O1. The van der Waals surface area contributed by atoms with E-state index in [1.165, 1.54) is 0 Å². The van der Waals surface area contributed by atoms with E-state index >= 15 is 0 Å².